The van der Waals surface area contributed by atoms with Gasteiger partial charge < -0.3 is 5.32 Å². The second-order valence-corrected chi connectivity index (χ2v) is 6.17. The standard InChI is InChI=1S/C16H15N3O3S/c20-14(10-3-4-10)18-19-15(21)11-5-7-12(8-6-11)17-16(22)13-2-1-9-23-13/h1-2,5-10H,3-4H2,(H,17,22)(H,18,20)(H,19,21). The van der Waals surface area contributed by atoms with E-state index < -0.39 is 5.91 Å². The van der Waals surface area contributed by atoms with Crippen LogP contribution in [0.15, 0.2) is 41.8 Å². The van der Waals surface area contributed by atoms with Gasteiger partial charge in [0.15, 0.2) is 0 Å². The minimum Gasteiger partial charge on any atom is -0.321 e. The molecule has 1 fully saturated rings. The Hall–Kier alpha value is -2.67. The maximum absolute atomic E-state index is 11.9. The summed E-state index contributed by atoms with van der Waals surface area (Å²) in [6.07, 6.45) is 1.75. The highest BCUT2D eigenvalue weighted by molar-refractivity contribution is 7.12. The molecule has 0 unspecified atom stereocenters. The van der Waals surface area contributed by atoms with Gasteiger partial charge in [0.1, 0.15) is 0 Å². The van der Waals surface area contributed by atoms with Crippen molar-refractivity contribution in [3.8, 4) is 0 Å². The van der Waals surface area contributed by atoms with Crippen LogP contribution in [0.25, 0.3) is 0 Å². The molecule has 1 heterocycles. The summed E-state index contributed by atoms with van der Waals surface area (Å²) in [5.74, 6) is -0.702. The van der Waals surface area contributed by atoms with Crippen molar-refractivity contribution in [2.45, 2.75) is 12.8 Å². The van der Waals surface area contributed by atoms with E-state index in [1.54, 1.807) is 30.3 Å². The lowest BCUT2D eigenvalue weighted by molar-refractivity contribution is -0.123. The van der Waals surface area contributed by atoms with Crippen molar-refractivity contribution in [1.29, 1.82) is 0 Å². The fraction of sp³-hybridized carbons (Fsp3) is 0.188. The molecule has 3 amide bonds. The Balaban J connectivity index is 1.54. The van der Waals surface area contributed by atoms with Crippen molar-refractivity contribution in [2.24, 2.45) is 5.92 Å². The fourth-order valence-electron chi connectivity index (χ4n) is 1.94. The van der Waals surface area contributed by atoms with Crippen LogP contribution in [0.4, 0.5) is 5.69 Å². The van der Waals surface area contributed by atoms with E-state index in [-0.39, 0.29) is 17.7 Å². The molecule has 0 saturated heterocycles. The van der Waals surface area contributed by atoms with Gasteiger partial charge in [-0.2, -0.15) is 0 Å². The van der Waals surface area contributed by atoms with Gasteiger partial charge >= 0.3 is 0 Å². The molecule has 118 valence electrons. The number of hydrazine groups is 1. The smallest absolute Gasteiger partial charge is 0.269 e. The van der Waals surface area contributed by atoms with Gasteiger partial charge in [-0.15, -0.1) is 11.3 Å². The Morgan fingerprint density at radius 1 is 0.957 bits per heavy atom. The molecule has 0 radical (unpaired) electrons. The molecule has 1 aliphatic carbocycles. The van der Waals surface area contributed by atoms with Crippen molar-refractivity contribution in [2.75, 3.05) is 5.32 Å². The van der Waals surface area contributed by atoms with Gasteiger partial charge in [-0.25, -0.2) is 0 Å². The van der Waals surface area contributed by atoms with Crippen LogP contribution in [-0.4, -0.2) is 17.7 Å². The maximum Gasteiger partial charge on any atom is 0.269 e. The van der Waals surface area contributed by atoms with Crippen molar-refractivity contribution in [3.63, 3.8) is 0 Å². The molecule has 23 heavy (non-hydrogen) atoms. The Labute approximate surface area is 136 Å². The van der Waals surface area contributed by atoms with Crippen molar-refractivity contribution in [1.82, 2.24) is 10.9 Å². The number of carbonyl (C=O) groups is 3. The summed E-state index contributed by atoms with van der Waals surface area (Å²) >= 11 is 1.36. The number of hydrogen-bond donors (Lipinski definition) is 3. The molecule has 7 heteroatoms. The van der Waals surface area contributed by atoms with E-state index in [4.69, 9.17) is 0 Å². The molecule has 1 aromatic carbocycles. The normalized spacial score (nSPS) is 13.2. The predicted molar refractivity (Wildman–Crippen MR) is 87.0 cm³/mol. The largest absolute Gasteiger partial charge is 0.321 e. The van der Waals surface area contributed by atoms with Crippen LogP contribution in [0.2, 0.25) is 0 Å². The van der Waals surface area contributed by atoms with Crippen LogP contribution in [0.3, 0.4) is 0 Å². The average molecular weight is 329 g/mol. The molecular formula is C16H15N3O3S. The van der Waals surface area contributed by atoms with Crippen LogP contribution >= 0.6 is 11.3 Å². The third kappa shape index (κ3) is 3.95. The van der Waals surface area contributed by atoms with Crippen LogP contribution in [-0.2, 0) is 4.79 Å². The Kier molecular flexibility index (Phi) is 4.38. The van der Waals surface area contributed by atoms with Crippen molar-refractivity contribution >= 4 is 34.7 Å². The van der Waals surface area contributed by atoms with Crippen molar-refractivity contribution in [3.05, 3.63) is 52.2 Å². The zero-order valence-electron chi connectivity index (χ0n) is 12.2. The van der Waals surface area contributed by atoms with E-state index >= 15 is 0 Å². The van der Waals surface area contributed by atoms with Crippen molar-refractivity contribution < 1.29 is 14.4 Å². The molecule has 1 aliphatic rings. The third-order valence-electron chi connectivity index (χ3n) is 3.40. The van der Waals surface area contributed by atoms with E-state index in [0.717, 1.165) is 12.8 Å². The van der Waals surface area contributed by atoms with E-state index in [1.165, 1.54) is 11.3 Å². The number of amides is 3. The number of hydrogen-bond acceptors (Lipinski definition) is 4. The molecule has 3 N–H and O–H groups in total. The third-order valence-corrected chi connectivity index (χ3v) is 4.27. The lowest BCUT2D eigenvalue weighted by atomic mass is 10.2. The molecule has 2 aromatic rings. The molecule has 0 aliphatic heterocycles. The topological polar surface area (TPSA) is 87.3 Å². The number of nitrogens with one attached hydrogen (secondary N) is 3. The fourth-order valence-corrected chi connectivity index (χ4v) is 2.56. The zero-order valence-corrected chi connectivity index (χ0v) is 13.0. The van der Waals surface area contributed by atoms with Crippen LogP contribution < -0.4 is 16.2 Å². The first-order valence-corrected chi connectivity index (χ1v) is 8.06. The van der Waals surface area contributed by atoms with E-state index in [1.807, 2.05) is 11.4 Å². The zero-order chi connectivity index (χ0) is 16.2. The first-order valence-electron chi connectivity index (χ1n) is 7.18. The number of carbonyl (C=O) groups excluding carboxylic acids is 3. The van der Waals surface area contributed by atoms with Crippen LogP contribution in [0.5, 0.6) is 0 Å². The monoisotopic (exact) mass is 329 g/mol. The molecule has 1 aromatic heterocycles. The molecule has 0 atom stereocenters. The highest BCUT2D eigenvalue weighted by Crippen LogP contribution is 2.28. The van der Waals surface area contributed by atoms with Gasteiger partial charge in [0.2, 0.25) is 5.91 Å². The second kappa shape index (κ2) is 6.62. The first-order chi connectivity index (χ1) is 11.1. The SMILES string of the molecule is O=C(NNC(=O)C1CC1)c1ccc(NC(=O)c2cccs2)cc1. The second-order valence-electron chi connectivity index (χ2n) is 5.23. The lowest BCUT2D eigenvalue weighted by Crippen LogP contribution is -2.42. The lowest BCUT2D eigenvalue weighted by Gasteiger charge is -2.08. The summed E-state index contributed by atoms with van der Waals surface area (Å²) in [5, 5.41) is 4.59. The number of benzene rings is 1. The summed E-state index contributed by atoms with van der Waals surface area (Å²) in [5.41, 5.74) is 5.78. The average Bonchev–Trinajstić information content (AvgIpc) is 3.27. The number of anilines is 1. The molecule has 0 bridgehead atoms. The summed E-state index contributed by atoms with van der Waals surface area (Å²) < 4.78 is 0. The predicted octanol–water partition coefficient (Wildman–Crippen LogP) is 2.17. The summed E-state index contributed by atoms with van der Waals surface area (Å²) in [7, 11) is 0. The highest BCUT2D eigenvalue weighted by atomic mass is 32.1. The molecule has 1 saturated carbocycles. The van der Waals surface area contributed by atoms with Gasteiger partial charge in [-0.1, -0.05) is 6.07 Å². The molecular weight excluding hydrogens is 314 g/mol. The van der Waals surface area contributed by atoms with Gasteiger partial charge in [-0.3, -0.25) is 25.2 Å². The van der Waals surface area contributed by atoms with Gasteiger partial charge in [0, 0.05) is 17.2 Å². The quantitative estimate of drug-likeness (QED) is 0.751. The Morgan fingerprint density at radius 2 is 1.70 bits per heavy atom. The van der Waals surface area contributed by atoms with E-state index in [0.29, 0.717) is 16.1 Å². The highest BCUT2D eigenvalue weighted by Gasteiger charge is 2.29. The summed E-state index contributed by atoms with van der Waals surface area (Å²) in [4.78, 5) is 35.9. The summed E-state index contributed by atoms with van der Waals surface area (Å²) in [6.45, 7) is 0. The molecule has 0 spiro atoms. The number of thiophene rings is 1. The van der Waals surface area contributed by atoms with Gasteiger partial charge in [0.05, 0.1) is 4.88 Å². The number of rotatable bonds is 4. The Bertz CT molecular complexity index is 722. The molecule has 6 nitrogen and oxygen atoms in total. The van der Waals surface area contributed by atoms with E-state index in [2.05, 4.69) is 16.2 Å². The van der Waals surface area contributed by atoms with E-state index in [9.17, 15) is 14.4 Å². The van der Waals surface area contributed by atoms with Gasteiger partial charge in [-0.05, 0) is 48.6 Å². The first kappa shape index (κ1) is 15.2. The Morgan fingerprint density at radius 3 is 2.30 bits per heavy atom. The minimum atomic E-state index is -0.393. The summed E-state index contributed by atoms with van der Waals surface area (Å²) in [6, 6.07) is 10.0. The van der Waals surface area contributed by atoms with Crippen LogP contribution in [0.1, 0.15) is 32.9 Å². The van der Waals surface area contributed by atoms with Gasteiger partial charge in [0.25, 0.3) is 11.8 Å². The molecule has 3 rings (SSSR count). The maximum atomic E-state index is 11.9. The minimum absolute atomic E-state index is 0.0325. The van der Waals surface area contributed by atoms with Crippen LogP contribution in [0, 0.1) is 5.92 Å².